The van der Waals surface area contributed by atoms with Crippen molar-refractivity contribution in [2.45, 2.75) is 32.7 Å². The Morgan fingerprint density at radius 1 is 1.16 bits per heavy atom. The highest BCUT2D eigenvalue weighted by molar-refractivity contribution is 7.19. The van der Waals surface area contributed by atoms with Crippen molar-refractivity contribution in [2.75, 3.05) is 0 Å². The number of nitrogens with zero attached hydrogens (tertiary/aromatic N) is 3. The van der Waals surface area contributed by atoms with E-state index >= 15 is 0 Å². The molecule has 164 valence electrons. The molecule has 0 aliphatic heterocycles. The Hall–Kier alpha value is -3.52. The third kappa shape index (κ3) is 3.67. The lowest BCUT2D eigenvalue weighted by Gasteiger charge is -2.15. The highest BCUT2D eigenvalue weighted by atomic mass is 32.1. The summed E-state index contributed by atoms with van der Waals surface area (Å²) in [6.45, 7) is 3.84. The van der Waals surface area contributed by atoms with E-state index in [4.69, 9.17) is 0 Å². The molecule has 3 heterocycles. The topological polar surface area (TPSA) is 94.2 Å². The highest BCUT2D eigenvalue weighted by Crippen LogP contribution is 2.32. The molecule has 1 N–H and O–H groups in total. The molecule has 0 saturated carbocycles. The van der Waals surface area contributed by atoms with Crippen molar-refractivity contribution < 1.29 is 9.90 Å². The molecule has 0 fully saturated rings. The van der Waals surface area contributed by atoms with E-state index in [-0.39, 0.29) is 17.0 Å². The Morgan fingerprint density at radius 3 is 2.47 bits per heavy atom. The Bertz CT molecular complexity index is 1420. The molecule has 0 saturated heterocycles. The number of pyridine rings is 1. The maximum absolute atomic E-state index is 12.9. The van der Waals surface area contributed by atoms with Crippen molar-refractivity contribution >= 4 is 27.5 Å². The smallest absolute Gasteiger partial charge is 0.337 e. The van der Waals surface area contributed by atoms with Gasteiger partial charge in [-0.25, -0.2) is 9.59 Å². The first-order chi connectivity index (χ1) is 15.3. The van der Waals surface area contributed by atoms with Crippen LogP contribution in [0.1, 0.15) is 47.1 Å². The fourth-order valence-corrected chi connectivity index (χ4v) is 5.18. The number of carboxylic acids is 1. The minimum atomic E-state index is -1.16. The van der Waals surface area contributed by atoms with Crippen LogP contribution in [0, 0.1) is 0 Å². The van der Waals surface area contributed by atoms with Crippen LogP contribution in [0.5, 0.6) is 0 Å². The number of hydrogen-bond acceptors (Lipinski definition) is 5. The summed E-state index contributed by atoms with van der Waals surface area (Å²) >= 11 is 1.21. The summed E-state index contributed by atoms with van der Waals surface area (Å²) in [5.74, 6) is -1.16. The minimum Gasteiger partial charge on any atom is -0.478 e. The zero-order valence-electron chi connectivity index (χ0n) is 18.0. The van der Waals surface area contributed by atoms with E-state index in [0.717, 1.165) is 21.4 Å². The molecule has 0 aliphatic rings. The Balaban J connectivity index is 1.85. The molecule has 0 bridgehead atoms. The molecular formula is C24H23N3O4S. The Labute approximate surface area is 188 Å². The fourth-order valence-electron chi connectivity index (χ4n) is 3.77. The van der Waals surface area contributed by atoms with Crippen molar-refractivity contribution in [3.8, 4) is 11.3 Å². The van der Waals surface area contributed by atoms with Crippen LogP contribution in [-0.4, -0.2) is 25.2 Å². The summed E-state index contributed by atoms with van der Waals surface area (Å²) in [5, 5.41) is 10.1. The largest absolute Gasteiger partial charge is 0.478 e. The van der Waals surface area contributed by atoms with Gasteiger partial charge in [0, 0.05) is 36.1 Å². The van der Waals surface area contributed by atoms with Gasteiger partial charge in [0.05, 0.1) is 16.6 Å². The molecule has 32 heavy (non-hydrogen) atoms. The van der Waals surface area contributed by atoms with Gasteiger partial charge in [-0.1, -0.05) is 37.3 Å². The second-order valence-electron chi connectivity index (χ2n) is 7.75. The molecule has 1 atom stereocenters. The fraction of sp³-hybridized carbons (Fsp3) is 0.250. The average molecular weight is 450 g/mol. The second-order valence-corrected chi connectivity index (χ2v) is 8.83. The lowest BCUT2D eigenvalue weighted by atomic mass is 10.0. The Kier molecular flexibility index (Phi) is 5.80. The van der Waals surface area contributed by atoms with Crippen molar-refractivity contribution in [3.63, 3.8) is 0 Å². The average Bonchev–Trinajstić information content (AvgIpc) is 3.17. The van der Waals surface area contributed by atoms with E-state index in [1.165, 1.54) is 18.4 Å². The number of carbonyl (C=O) groups is 1. The number of rotatable bonds is 6. The second kappa shape index (κ2) is 8.55. The zero-order chi connectivity index (χ0) is 23.0. The van der Waals surface area contributed by atoms with Gasteiger partial charge in [-0.15, -0.1) is 11.3 Å². The van der Waals surface area contributed by atoms with Crippen LogP contribution in [0.15, 0.2) is 58.3 Å². The predicted octanol–water partition coefficient (Wildman–Crippen LogP) is 4.08. The molecular weight excluding hydrogens is 426 g/mol. The van der Waals surface area contributed by atoms with E-state index in [9.17, 15) is 19.5 Å². The van der Waals surface area contributed by atoms with Crippen molar-refractivity contribution in [1.29, 1.82) is 0 Å². The van der Waals surface area contributed by atoms with Crippen LogP contribution >= 0.6 is 11.3 Å². The molecule has 0 radical (unpaired) electrons. The van der Waals surface area contributed by atoms with Gasteiger partial charge in [0.15, 0.2) is 0 Å². The monoisotopic (exact) mass is 449 g/mol. The third-order valence-corrected chi connectivity index (χ3v) is 6.91. The van der Waals surface area contributed by atoms with Crippen LogP contribution in [-0.2, 0) is 13.5 Å². The maximum Gasteiger partial charge on any atom is 0.337 e. The van der Waals surface area contributed by atoms with E-state index in [0.29, 0.717) is 22.5 Å². The first-order valence-electron chi connectivity index (χ1n) is 10.3. The summed E-state index contributed by atoms with van der Waals surface area (Å²) < 4.78 is 2.54. The maximum atomic E-state index is 12.9. The number of benzene rings is 1. The summed E-state index contributed by atoms with van der Waals surface area (Å²) in [7, 11) is 1.39. The number of thiophene rings is 1. The minimum absolute atomic E-state index is 0.0172. The molecule has 0 spiro atoms. The SMILES string of the molecule is CCC(C)n1c(=O)n(C)c(=O)c2c(C(=O)O)c(Cc3ccc(-c4ccccn4)cc3)sc21. The number of hydrogen-bond donors (Lipinski definition) is 1. The van der Waals surface area contributed by atoms with Gasteiger partial charge >= 0.3 is 11.7 Å². The molecule has 7 nitrogen and oxygen atoms in total. The number of fused-ring (bicyclic) bond motifs is 1. The molecule has 0 amide bonds. The van der Waals surface area contributed by atoms with Crippen molar-refractivity contribution in [3.05, 3.63) is 85.5 Å². The molecule has 1 aromatic carbocycles. The van der Waals surface area contributed by atoms with Crippen molar-refractivity contribution in [1.82, 2.24) is 14.1 Å². The predicted molar refractivity (Wildman–Crippen MR) is 126 cm³/mol. The van der Waals surface area contributed by atoms with Crippen LogP contribution in [0.25, 0.3) is 21.5 Å². The van der Waals surface area contributed by atoms with Crippen molar-refractivity contribution in [2.24, 2.45) is 7.05 Å². The van der Waals surface area contributed by atoms with Gasteiger partial charge in [-0.2, -0.15) is 0 Å². The van der Waals surface area contributed by atoms with Gasteiger partial charge in [0.1, 0.15) is 4.83 Å². The lowest BCUT2D eigenvalue weighted by molar-refractivity contribution is 0.0698. The summed E-state index contributed by atoms with van der Waals surface area (Å²) in [6, 6.07) is 13.3. The van der Waals surface area contributed by atoms with Crippen LogP contribution in [0.3, 0.4) is 0 Å². The molecule has 8 heteroatoms. The summed E-state index contributed by atoms with van der Waals surface area (Å²) in [5.41, 5.74) is 1.71. The normalized spacial score (nSPS) is 12.2. The molecule has 4 aromatic rings. The van der Waals surface area contributed by atoms with E-state index in [2.05, 4.69) is 4.98 Å². The van der Waals surface area contributed by atoms with Crippen LogP contribution < -0.4 is 11.2 Å². The molecule has 1 unspecified atom stereocenters. The number of aromatic carboxylic acids is 1. The molecule has 4 rings (SSSR count). The standard InChI is InChI=1S/C24H23N3O4S/c1-4-14(2)27-22-20(21(28)26(3)24(27)31)19(23(29)30)18(32-22)13-15-8-10-16(11-9-15)17-7-5-6-12-25-17/h5-12,14H,4,13H2,1-3H3,(H,29,30). The van der Waals surface area contributed by atoms with Gasteiger partial charge in [-0.05, 0) is 31.0 Å². The third-order valence-electron chi connectivity index (χ3n) is 5.72. The lowest BCUT2D eigenvalue weighted by Crippen LogP contribution is -2.39. The van der Waals surface area contributed by atoms with E-state index < -0.39 is 17.2 Å². The van der Waals surface area contributed by atoms with Crippen LogP contribution in [0.4, 0.5) is 0 Å². The molecule has 3 aromatic heterocycles. The molecule has 0 aliphatic carbocycles. The first kappa shape index (κ1) is 21.7. The van der Waals surface area contributed by atoms with Gasteiger partial charge < -0.3 is 5.11 Å². The number of carboxylic acid groups (broad SMARTS) is 1. The zero-order valence-corrected chi connectivity index (χ0v) is 18.8. The quantitative estimate of drug-likeness (QED) is 0.479. The van der Waals surface area contributed by atoms with Gasteiger partial charge in [0.25, 0.3) is 5.56 Å². The van der Waals surface area contributed by atoms with Gasteiger partial charge in [-0.3, -0.25) is 18.9 Å². The van der Waals surface area contributed by atoms with Crippen LogP contribution in [0.2, 0.25) is 0 Å². The summed E-state index contributed by atoms with van der Waals surface area (Å²) in [4.78, 5) is 43.2. The van der Waals surface area contributed by atoms with E-state index in [1.807, 2.05) is 56.3 Å². The van der Waals surface area contributed by atoms with Gasteiger partial charge in [0.2, 0.25) is 0 Å². The number of aromatic nitrogens is 3. The van der Waals surface area contributed by atoms with E-state index in [1.54, 1.807) is 10.8 Å². The first-order valence-corrected chi connectivity index (χ1v) is 11.2. The highest BCUT2D eigenvalue weighted by Gasteiger charge is 2.26. The summed E-state index contributed by atoms with van der Waals surface area (Å²) in [6.07, 6.45) is 2.76. The Morgan fingerprint density at radius 2 is 1.88 bits per heavy atom.